The second kappa shape index (κ2) is 58.2. The van der Waals surface area contributed by atoms with Crippen molar-refractivity contribution in [1.29, 1.82) is 0 Å². The van der Waals surface area contributed by atoms with Crippen LogP contribution in [-0.2, 0) is 0 Å². The summed E-state index contributed by atoms with van der Waals surface area (Å²) in [6.07, 6.45) is 80.6. The fourth-order valence-corrected chi connectivity index (χ4v) is 13.2. The summed E-state index contributed by atoms with van der Waals surface area (Å²) in [5.41, 5.74) is 0. The molecule has 0 rings (SSSR count). The van der Waals surface area contributed by atoms with Crippen LogP contribution in [0.2, 0.25) is 18.1 Å². The van der Waals surface area contributed by atoms with Gasteiger partial charge < -0.3 is 0 Å². The zero-order valence-corrected chi connectivity index (χ0v) is 44.8. The monoisotopic (exact) mass is 872 g/mol. The molecular weight excluding hydrogens is 749 g/mol. The Morgan fingerprint density at radius 2 is 0.230 bits per heavy atom. The smallest absolute Gasteiger partial charge is 0.0479 e. The zero-order valence-electron chi connectivity index (χ0n) is 43.8. The number of rotatable bonds is 57. The summed E-state index contributed by atoms with van der Waals surface area (Å²) in [5.74, 6) is 0. The van der Waals surface area contributed by atoms with E-state index in [-0.39, 0.29) is 8.80 Å². The summed E-state index contributed by atoms with van der Waals surface area (Å²) >= 11 is 0. The van der Waals surface area contributed by atoms with Crippen molar-refractivity contribution in [2.24, 2.45) is 0 Å². The molecule has 1 radical (unpaired) electrons. The summed E-state index contributed by atoms with van der Waals surface area (Å²) in [4.78, 5) is 0. The normalized spacial score (nSPS) is 11.8. The van der Waals surface area contributed by atoms with Crippen molar-refractivity contribution in [3.8, 4) is 0 Å². The lowest BCUT2D eigenvalue weighted by molar-refractivity contribution is 0.525. The molecule has 61 heavy (non-hydrogen) atoms. The average molecular weight is 873 g/mol. The lowest BCUT2D eigenvalue weighted by atomic mass is 10.0. The molecule has 0 atom stereocenters. The molecule has 0 saturated heterocycles. The van der Waals surface area contributed by atoms with Crippen LogP contribution in [0.4, 0.5) is 0 Å². The van der Waals surface area contributed by atoms with Crippen LogP contribution in [0.25, 0.3) is 0 Å². The van der Waals surface area contributed by atoms with Gasteiger partial charge in [0.1, 0.15) is 0 Å². The van der Waals surface area contributed by atoms with Crippen molar-refractivity contribution in [2.45, 2.75) is 386 Å². The molecule has 0 heterocycles. The molecule has 0 aliphatic carbocycles. The lowest BCUT2D eigenvalue weighted by Crippen LogP contribution is -2.12. The zero-order chi connectivity index (χ0) is 43.9. The molecule has 0 aromatic carbocycles. The maximum atomic E-state index is 2.32. The molecule has 0 aliphatic rings. The Balaban J connectivity index is 3.96. The molecule has 0 aliphatic heterocycles. The highest BCUT2D eigenvalue weighted by atomic mass is 28.3. The Labute approximate surface area is 392 Å². The van der Waals surface area contributed by atoms with Crippen LogP contribution in [0.3, 0.4) is 0 Å². The Hall–Kier alpha value is 0.217. The standard InChI is InChI=1S/C60H123Si/c1-4-7-10-13-16-19-22-25-28-31-34-37-40-43-46-49-52-55-58-61(59-56-53-50-47-44-41-38-35-32-29-26-23-20-17-14-11-8-5-2)60-57-54-51-48-45-42-39-36-33-30-27-24-21-18-15-12-9-6-3/h4-60H2,1-3H3. The van der Waals surface area contributed by atoms with Crippen LogP contribution < -0.4 is 0 Å². The van der Waals surface area contributed by atoms with Crippen molar-refractivity contribution >= 4 is 8.80 Å². The van der Waals surface area contributed by atoms with Crippen molar-refractivity contribution in [2.75, 3.05) is 0 Å². The SMILES string of the molecule is CCCCCCCCCCCCCCCCCCCC[Si](CCCCCCCCCCCCCCCCCCCC)CCCCCCCCCCCCCCCCCCCC. The van der Waals surface area contributed by atoms with Gasteiger partial charge in [-0.1, -0.05) is 386 Å². The number of hydrogen-bond donors (Lipinski definition) is 0. The Morgan fingerprint density at radius 3 is 0.344 bits per heavy atom. The fraction of sp³-hybridized carbons (Fsp3) is 1.00. The first-order valence-electron chi connectivity index (χ1n) is 30.2. The van der Waals surface area contributed by atoms with Gasteiger partial charge in [0.15, 0.2) is 0 Å². The highest BCUT2D eigenvalue weighted by Gasteiger charge is 2.11. The molecule has 0 aromatic heterocycles. The maximum absolute atomic E-state index is 2.32. The molecule has 0 fully saturated rings. The first kappa shape index (κ1) is 61.2. The maximum Gasteiger partial charge on any atom is 0.0479 e. The van der Waals surface area contributed by atoms with Gasteiger partial charge in [-0.3, -0.25) is 0 Å². The van der Waals surface area contributed by atoms with Crippen molar-refractivity contribution in [3.05, 3.63) is 0 Å². The van der Waals surface area contributed by atoms with E-state index in [1.807, 2.05) is 0 Å². The first-order valence-corrected chi connectivity index (χ1v) is 32.3. The molecule has 367 valence electrons. The number of unbranched alkanes of at least 4 members (excludes halogenated alkanes) is 51. The van der Waals surface area contributed by atoms with E-state index in [0.717, 1.165) is 0 Å². The van der Waals surface area contributed by atoms with E-state index in [4.69, 9.17) is 0 Å². The predicted molar refractivity (Wildman–Crippen MR) is 287 cm³/mol. The Morgan fingerprint density at radius 1 is 0.131 bits per heavy atom. The summed E-state index contributed by atoms with van der Waals surface area (Å²) < 4.78 is 0. The van der Waals surface area contributed by atoms with Gasteiger partial charge in [0.2, 0.25) is 0 Å². The minimum Gasteiger partial charge on any atom is -0.0654 e. The number of hydrogen-bond acceptors (Lipinski definition) is 0. The van der Waals surface area contributed by atoms with E-state index in [1.165, 1.54) is 327 Å². The molecular formula is C60H123Si. The summed E-state index contributed by atoms with van der Waals surface area (Å²) in [6, 6.07) is 4.92. The van der Waals surface area contributed by atoms with Crippen LogP contribution in [0.5, 0.6) is 0 Å². The van der Waals surface area contributed by atoms with E-state index in [2.05, 4.69) is 20.8 Å². The van der Waals surface area contributed by atoms with Gasteiger partial charge >= 0.3 is 0 Å². The minimum absolute atomic E-state index is 0.108. The van der Waals surface area contributed by atoms with E-state index in [1.54, 1.807) is 37.4 Å². The minimum atomic E-state index is -0.108. The molecule has 0 amide bonds. The van der Waals surface area contributed by atoms with E-state index >= 15 is 0 Å². The van der Waals surface area contributed by atoms with Crippen LogP contribution >= 0.6 is 0 Å². The largest absolute Gasteiger partial charge is 0.0654 e. The molecule has 1 heteroatoms. The van der Waals surface area contributed by atoms with Gasteiger partial charge in [-0.05, 0) is 0 Å². The van der Waals surface area contributed by atoms with Crippen molar-refractivity contribution < 1.29 is 0 Å². The summed E-state index contributed by atoms with van der Waals surface area (Å²) in [6.45, 7) is 6.97. The van der Waals surface area contributed by atoms with E-state index < -0.39 is 0 Å². The second-order valence-electron chi connectivity index (χ2n) is 21.0. The fourth-order valence-electron chi connectivity index (χ4n) is 10.2. The molecule has 0 aromatic rings. The average Bonchev–Trinajstić information content (AvgIpc) is 3.27. The second-order valence-corrected chi connectivity index (χ2v) is 24.0. The summed E-state index contributed by atoms with van der Waals surface area (Å²) in [7, 11) is -0.108. The van der Waals surface area contributed by atoms with Gasteiger partial charge in [-0.2, -0.15) is 0 Å². The van der Waals surface area contributed by atoms with Gasteiger partial charge in [-0.15, -0.1) is 0 Å². The van der Waals surface area contributed by atoms with Crippen LogP contribution in [0.15, 0.2) is 0 Å². The highest BCUT2D eigenvalue weighted by Crippen LogP contribution is 2.22. The third-order valence-corrected chi connectivity index (χ3v) is 17.8. The predicted octanol–water partition coefficient (Wildman–Crippen LogP) is 23.6. The molecule has 0 unspecified atom stereocenters. The molecule has 0 nitrogen and oxygen atoms in total. The van der Waals surface area contributed by atoms with Crippen LogP contribution in [0, 0.1) is 0 Å². The van der Waals surface area contributed by atoms with Gasteiger partial charge in [-0.25, -0.2) is 0 Å². The highest BCUT2D eigenvalue weighted by molar-refractivity contribution is 6.58. The van der Waals surface area contributed by atoms with Gasteiger partial charge in [0.25, 0.3) is 0 Å². The quantitative estimate of drug-likeness (QED) is 0.0422. The van der Waals surface area contributed by atoms with Gasteiger partial charge in [0, 0.05) is 8.80 Å². The topological polar surface area (TPSA) is 0 Å². The molecule has 0 N–H and O–H groups in total. The van der Waals surface area contributed by atoms with Crippen LogP contribution in [-0.4, -0.2) is 8.80 Å². The van der Waals surface area contributed by atoms with Crippen molar-refractivity contribution in [3.63, 3.8) is 0 Å². The van der Waals surface area contributed by atoms with Crippen molar-refractivity contribution in [1.82, 2.24) is 0 Å². The third-order valence-electron chi connectivity index (χ3n) is 14.7. The first-order chi connectivity index (χ1) is 30.3. The molecule has 0 bridgehead atoms. The Kier molecular flexibility index (Phi) is 58.4. The molecule has 0 spiro atoms. The third kappa shape index (κ3) is 56.3. The Bertz CT molecular complexity index is 621. The van der Waals surface area contributed by atoms with E-state index in [9.17, 15) is 0 Å². The van der Waals surface area contributed by atoms with Gasteiger partial charge in [0.05, 0.1) is 0 Å². The molecule has 0 saturated carbocycles. The van der Waals surface area contributed by atoms with Crippen LogP contribution in [0.1, 0.15) is 367 Å². The summed E-state index contributed by atoms with van der Waals surface area (Å²) in [5, 5.41) is 0. The lowest BCUT2D eigenvalue weighted by Gasteiger charge is -2.15. The van der Waals surface area contributed by atoms with E-state index in [0.29, 0.717) is 0 Å².